The van der Waals surface area contributed by atoms with E-state index in [-0.39, 0.29) is 11.5 Å². The lowest BCUT2D eigenvalue weighted by atomic mass is 10.2. The van der Waals surface area contributed by atoms with E-state index in [4.69, 9.17) is 0 Å². The molecule has 2 rings (SSSR count). The number of hydrogen-bond donors (Lipinski definition) is 0. The Balaban J connectivity index is 2.39. The number of likely N-dealkylation sites (tertiary alicyclic amines) is 1. The van der Waals surface area contributed by atoms with Gasteiger partial charge in [-0.05, 0) is 29.0 Å². The number of hydrogen-bond acceptors (Lipinski definition) is 3. The van der Waals surface area contributed by atoms with Gasteiger partial charge < -0.3 is 4.90 Å². The van der Waals surface area contributed by atoms with Crippen LogP contribution in [0.2, 0.25) is 0 Å². The van der Waals surface area contributed by atoms with Crippen LogP contribution in [-0.2, 0) is 4.79 Å². The highest BCUT2D eigenvalue weighted by Gasteiger charge is 2.31. The monoisotopic (exact) mass is 319 g/mol. The molecule has 0 N–H and O–H groups in total. The summed E-state index contributed by atoms with van der Waals surface area (Å²) in [6.45, 7) is 0.684. The molecule has 1 aromatic rings. The molecule has 1 aromatic heterocycles. The number of nitrogens with zero attached hydrogens (tertiary/aromatic N) is 3. The van der Waals surface area contributed by atoms with Crippen LogP contribution in [0, 0.1) is 3.57 Å². The number of rotatable bonds is 1. The molecular formula is C9H10IN3O2. The summed E-state index contributed by atoms with van der Waals surface area (Å²) in [4.78, 5) is 24.9. The zero-order chi connectivity index (χ0) is 11.0. The lowest BCUT2D eigenvalue weighted by molar-refractivity contribution is -0.129. The van der Waals surface area contributed by atoms with Crippen molar-refractivity contribution in [1.29, 1.82) is 0 Å². The first-order valence-electron chi connectivity index (χ1n) is 4.59. The van der Waals surface area contributed by atoms with Crippen LogP contribution in [-0.4, -0.2) is 34.2 Å². The second kappa shape index (κ2) is 3.92. The number of amides is 1. The third-order valence-electron chi connectivity index (χ3n) is 2.49. The molecule has 15 heavy (non-hydrogen) atoms. The molecule has 0 bridgehead atoms. The Morgan fingerprint density at radius 1 is 1.53 bits per heavy atom. The van der Waals surface area contributed by atoms with E-state index in [1.807, 2.05) is 22.6 Å². The quantitative estimate of drug-likeness (QED) is 0.698. The summed E-state index contributed by atoms with van der Waals surface area (Å²) in [5.74, 6) is -0.0363. The first-order chi connectivity index (χ1) is 7.09. The normalized spacial score (nSPS) is 21.1. The zero-order valence-corrected chi connectivity index (χ0v) is 10.3. The van der Waals surface area contributed by atoms with Crippen LogP contribution in [0.4, 0.5) is 0 Å². The van der Waals surface area contributed by atoms with Gasteiger partial charge in [0.1, 0.15) is 6.04 Å². The highest BCUT2D eigenvalue weighted by atomic mass is 127. The van der Waals surface area contributed by atoms with Gasteiger partial charge in [0.05, 0.1) is 6.20 Å². The molecule has 1 fully saturated rings. The largest absolute Gasteiger partial charge is 0.344 e. The molecule has 6 heteroatoms. The maximum Gasteiger partial charge on any atom is 0.268 e. The molecule has 0 spiro atoms. The van der Waals surface area contributed by atoms with Gasteiger partial charge in [0.15, 0.2) is 0 Å². The molecule has 0 aliphatic carbocycles. The van der Waals surface area contributed by atoms with E-state index in [0.717, 1.165) is 3.57 Å². The number of likely N-dealkylation sites (N-methyl/N-ethyl adjacent to an activating group) is 1. The maximum absolute atomic E-state index is 11.7. The van der Waals surface area contributed by atoms with Gasteiger partial charge in [-0.15, -0.1) is 0 Å². The fourth-order valence-electron chi connectivity index (χ4n) is 1.66. The van der Waals surface area contributed by atoms with E-state index < -0.39 is 6.04 Å². The summed E-state index contributed by atoms with van der Waals surface area (Å²) in [7, 11) is 1.74. The zero-order valence-electron chi connectivity index (χ0n) is 8.18. The second-order valence-electron chi connectivity index (χ2n) is 3.52. The molecule has 1 aliphatic heterocycles. The van der Waals surface area contributed by atoms with Gasteiger partial charge in [0.25, 0.3) is 5.56 Å². The van der Waals surface area contributed by atoms with Gasteiger partial charge in [0.2, 0.25) is 5.91 Å². The topological polar surface area (TPSA) is 55.2 Å². The van der Waals surface area contributed by atoms with Crippen LogP contribution >= 0.6 is 22.6 Å². The number of carbonyl (C=O) groups excluding carboxylic acids is 1. The third kappa shape index (κ3) is 1.90. The van der Waals surface area contributed by atoms with Crippen molar-refractivity contribution in [3.63, 3.8) is 0 Å². The Hall–Kier alpha value is -0.920. The number of halogens is 1. The van der Waals surface area contributed by atoms with E-state index in [9.17, 15) is 9.59 Å². The van der Waals surface area contributed by atoms with Gasteiger partial charge in [-0.1, -0.05) is 0 Å². The molecule has 1 unspecified atom stereocenters. The molecule has 0 radical (unpaired) electrons. The van der Waals surface area contributed by atoms with Gasteiger partial charge >= 0.3 is 0 Å². The molecule has 5 nitrogen and oxygen atoms in total. The fourth-order valence-corrected chi connectivity index (χ4v) is 2.05. The van der Waals surface area contributed by atoms with Crippen molar-refractivity contribution >= 4 is 28.5 Å². The Morgan fingerprint density at radius 3 is 2.80 bits per heavy atom. The Morgan fingerprint density at radius 2 is 2.27 bits per heavy atom. The van der Waals surface area contributed by atoms with Crippen molar-refractivity contribution < 1.29 is 4.79 Å². The second-order valence-corrected chi connectivity index (χ2v) is 4.77. The lowest BCUT2D eigenvalue weighted by Gasteiger charge is -2.11. The van der Waals surface area contributed by atoms with Gasteiger partial charge in [0, 0.05) is 23.2 Å². The summed E-state index contributed by atoms with van der Waals surface area (Å²) in [6.07, 6.45) is 2.25. The van der Waals surface area contributed by atoms with Gasteiger partial charge in [-0.2, -0.15) is 5.10 Å². The minimum absolute atomic E-state index is 0.0363. The lowest BCUT2D eigenvalue weighted by Crippen LogP contribution is -2.32. The van der Waals surface area contributed by atoms with E-state index >= 15 is 0 Å². The average Bonchev–Trinajstić information content (AvgIpc) is 2.49. The molecule has 0 saturated carbocycles. The van der Waals surface area contributed by atoms with Crippen LogP contribution in [0.15, 0.2) is 17.1 Å². The number of aromatic nitrogens is 2. The Kier molecular flexibility index (Phi) is 2.76. The first kappa shape index (κ1) is 10.6. The smallest absolute Gasteiger partial charge is 0.268 e. The number of carbonyl (C=O) groups is 1. The summed E-state index contributed by atoms with van der Waals surface area (Å²) >= 11 is 2.02. The highest BCUT2D eigenvalue weighted by molar-refractivity contribution is 14.1. The Bertz CT molecular complexity index is 457. The summed E-state index contributed by atoms with van der Waals surface area (Å²) in [5, 5.41) is 3.99. The summed E-state index contributed by atoms with van der Waals surface area (Å²) < 4.78 is 2.06. The standard InChI is InChI=1S/C9H10IN3O2/c1-12-3-2-7(9(12)15)13-8(14)4-6(10)5-11-13/h4-5,7H,2-3H2,1H3. The fraction of sp³-hybridized carbons (Fsp3) is 0.444. The van der Waals surface area contributed by atoms with E-state index in [2.05, 4.69) is 5.10 Å². The highest BCUT2D eigenvalue weighted by Crippen LogP contribution is 2.19. The SMILES string of the molecule is CN1CCC(n2ncc(I)cc2=O)C1=O. The van der Waals surface area contributed by atoms with Crippen LogP contribution in [0.1, 0.15) is 12.5 Å². The van der Waals surface area contributed by atoms with Crippen LogP contribution in [0.5, 0.6) is 0 Å². The Labute approximate surface area is 100 Å². The molecular weight excluding hydrogens is 309 g/mol. The minimum atomic E-state index is -0.417. The third-order valence-corrected chi connectivity index (χ3v) is 3.08. The van der Waals surface area contributed by atoms with Gasteiger partial charge in [-0.3, -0.25) is 9.59 Å². The molecule has 2 heterocycles. The molecule has 1 aliphatic rings. The van der Waals surface area contributed by atoms with Crippen molar-refractivity contribution in [2.45, 2.75) is 12.5 Å². The molecule has 1 atom stereocenters. The maximum atomic E-state index is 11.7. The van der Waals surface area contributed by atoms with E-state index in [1.165, 1.54) is 10.7 Å². The van der Waals surface area contributed by atoms with Crippen LogP contribution in [0.25, 0.3) is 0 Å². The van der Waals surface area contributed by atoms with E-state index in [0.29, 0.717) is 13.0 Å². The summed E-state index contributed by atoms with van der Waals surface area (Å²) in [6, 6.07) is 1.07. The predicted molar refractivity (Wildman–Crippen MR) is 62.5 cm³/mol. The van der Waals surface area contributed by atoms with Crippen molar-refractivity contribution in [3.8, 4) is 0 Å². The molecule has 0 aromatic carbocycles. The minimum Gasteiger partial charge on any atom is -0.344 e. The van der Waals surface area contributed by atoms with Crippen LogP contribution in [0.3, 0.4) is 0 Å². The molecule has 1 saturated heterocycles. The van der Waals surface area contributed by atoms with E-state index in [1.54, 1.807) is 18.1 Å². The van der Waals surface area contributed by atoms with Crippen molar-refractivity contribution in [3.05, 3.63) is 26.2 Å². The summed E-state index contributed by atoms with van der Waals surface area (Å²) in [5.41, 5.74) is -0.212. The average molecular weight is 319 g/mol. The van der Waals surface area contributed by atoms with Crippen LogP contribution < -0.4 is 5.56 Å². The van der Waals surface area contributed by atoms with Crippen molar-refractivity contribution in [1.82, 2.24) is 14.7 Å². The predicted octanol–water partition coefficient (Wildman–Crippen LogP) is 0.251. The van der Waals surface area contributed by atoms with Crippen molar-refractivity contribution in [2.75, 3.05) is 13.6 Å². The first-order valence-corrected chi connectivity index (χ1v) is 5.67. The molecule has 80 valence electrons. The molecule has 1 amide bonds. The van der Waals surface area contributed by atoms with Crippen molar-refractivity contribution in [2.24, 2.45) is 0 Å². The van der Waals surface area contributed by atoms with Gasteiger partial charge in [-0.25, -0.2) is 4.68 Å².